The van der Waals surface area contributed by atoms with Crippen molar-refractivity contribution in [3.05, 3.63) is 63.5 Å². The third kappa shape index (κ3) is 4.88. The molecule has 0 atom stereocenters. The monoisotopic (exact) mass is 444 g/mol. The van der Waals surface area contributed by atoms with E-state index < -0.39 is 10.8 Å². The molecule has 9 nitrogen and oxygen atoms in total. The number of carbonyl (C=O) groups excluding carboxylic acids is 1. The summed E-state index contributed by atoms with van der Waals surface area (Å²) in [5, 5.41) is 18.6. The van der Waals surface area contributed by atoms with Crippen LogP contribution in [-0.2, 0) is 0 Å². The Morgan fingerprint density at radius 1 is 1.17 bits per heavy atom. The molecular weight excluding hydrogens is 428 g/mol. The molecule has 154 valence electrons. The minimum absolute atomic E-state index is 0.0206. The van der Waals surface area contributed by atoms with Gasteiger partial charge < -0.3 is 14.8 Å². The van der Waals surface area contributed by atoms with Crippen LogP contribution < -0.4 is 20.1 Å². The molecule has 0 aliphatic rings. The van der Waals surface area contributed by atoms with Crippen molar-refractivity contribution in [3.63, 3.8) is 0 Å². The number of nitrogens with one attached hydrogen (secondary N) is 2. The van der Waals surface area contributed by atoms with E-state index in [1.807, 2.05) is 0 Å². The van der Waals surface area contributed by atoms with Crippen molar-refractivity contribution in [1.29, 1.82) is 0 Å². The average molecular weight is 444 g/mol. The van der Waals surface area contributed by atoms with Crippen molar-refractivity contribution >= 4 is 45.4 Å². The van der Waals surface area contributed by atoms with E-state index >= 15 is 0 Å². The number of nitrogens with zero attached hydrogens (tertiary/aromatic N) is 2. The Morgan fingerprint density at radius 2 is 1.93 bits per heavy atom. The van der Waals surface area contributed by atoms with Crippen LogP contribution in [0.15, 0.2) is 47.8 Å². The quantitative estimate of drug-likeness (QED) is 0.334. The molecule has 2 N–H and O–H groups in total. The van der Waals surface area contributed by atoms with Gasteiger partial charge in [-0.3, -0.25) is 20.2 Å². The number of non-ortho nitro benzene ring substituents is 1. The zero-order valence-electron chi connectivity index (χ0n) is 15.9. The van der Waals surface area contributed by atoms with Gasteiger partial charge in [0.05, 0.1) is 24.8 Å². The van der Waals surface area contributed by atoms with Gasteiger partial charge in [-0.15, -0.1) is 11.3 Å². The van der Waals surface area contributed by atoms with Crippen molar-refractivity contribution < 1.29 is 19.2 Å². The Morgan fingerprint density at radius 3 is 2.63 bits per heavy atom. The summed E-state index contributed by atoms with van der Waals surface area (Å²) < 4.78 is 10.3. The molecule has 0 saturated carbocycles. The predicted molar refractivity (Wildman–Crippen MR) is 117 cm³/mol. The lowest BCUT2D eigenvalue weighted by Gasteiger charge is -2.10. The number of aromatic nitrogens is 1. The van der Waals surface area contributed by atoms with Crippen molar-refractivity contribution in [2.24, 2.45) is 0 Å². The maximum atomic E-state index is 12.4. The first-order valence-corrected chi connectivity index (χ1v) is 9.74. The van der Waals surface area contributed by atoms with Crippen LogP contribution in [0.4, 0.5) is 10.8 Å². The number of methoxy groups -OCH3 is 2. The first-order chi connectivity index (χ1) is 14.4. The van der Waals surface area contributed by atoms with Gasteiger partial charge in [0.1, 0.15) is 0 Å². The van der Waals surface area contributed by atoms with Crippen LogP contribution in [0.1, 0.15) is 10.4 Å². The van der Waals surface area contributed by atoms with E-state index in [4.69, 9.17) is 21.7 Å². The average Bonchev–Trinajstić information content (AvgIpc) is 3.21. The van der Waals surface area contributed by atoms with E-state index in [2.05, 4.69) is 15.6 Å². The number of nitro benzene ring substituents is 1. The molecule has 30 heavy (non-hydrogen) atoms. The maximum Gasteiger partial charge on any atom is 0.270 e. The second-order valence-corrected chi connectivity index (χ2v) is 7.09. The molecule has 0 fully saturated rings. The van der Waals surface area contributed by atoms with Gasteiger partial charge in [-0.2, -0.15) is 0 Å². The number of amides is 1. The Labute approximate surface area is 180 Å². The molecule has 1 amide bonds. The molecule has 0 spiro atoms. The van der Waals surface area contributed by atoms with E-state index in [-0.39, 0.29) is 10.8 Å². The molecule has 11 heteroatoms. The lowest BCUT2D eigenvalue weighted by molar-refractivity contribution is -0.384. The van der Waals surface area contributed by atoms with E-state index in [1.165, 1.54) is 37.7 Å². The van der Waals surface area contributed by atoms with Crippen molar-refractivity contribution in [2.75, 3.05) is 19.5 Å². The number of thiazole rings is 1. The third-order valence-electron chi connectivity index (χ3n) is 3.95. The fraction of sp³-hybridized carbons (Fsp3) is 0.105. The molecular formula is C19H16N4O5S2. The number of thiocarbonyl (C=S) groups is 1. The normalized spacial score (nSPS) is 10.2. The lowest BCUT2D eigenvalue weighted by atomic mass is 10.1. The van der Waals surface area contributed by atoms with Gasteiger partial charge >= 0.3 is 0 Å². The molecule has 0 saturated heterocycles. The zero-order chi connectivity index (χ0) is 21.7. The number of hydrogen-bond acceptors (Lipinski definition) is 8. The highest BCUT2D eigenvalue weighted by Gasteiger charge is 2.14. The summed E-state index contributed by atoms with van der Waals surface area (Å²) >= 11 is 6.43. The fourth-order valence-electron chi connectivity index (χ4n) is 2.52. The van der Waals surface area contributed by atoms with Crippen molar-refractivity contribution in [3.8, 4) is 22.8 Å². The second-order valence-electron chi connectivity index (χ2n) is 5.82. The Hall–Kier alpha value is -3.57. The van der Waals surface area contributed by atoms with Crippen LogP contribution in [0.3, 0.4) is 0 Å². The predicted octanol–water partition coefficient (Wildman–Crippen LogP) is 3.86. The molecule has 0 unspecified atom stereocenters. The van der Waals surface area contributed by atoms with E-state index in [0.29, 0.717) is 33.5 Å². The molecule has 1 heterocycles. The van der Waals surface area contributed by atoms with E-state index in [9.17, 15) is 14.9 Å². The van der Waals surface area contributed by atoms with Gasteiger partial charge in [-0.1, -0.05) is 12.1 Å². The number of ether oxygens (including phenoxy) is 2. The minimum atomic E-state index is -0.464. The van der Waals surface area contributed by atoms with E-state index in [1.54, 1.807) is 35.7 Å². The number of carbonyl (C=O) groups is 1. The summed E-state index contributed by atoms with van der Waals surface area (Å²) in [7, 11) is 2.99. The van der Waals surface area contributed by atoms with E-state index in [0.717, 1.165) is 0 Å². The van der Waals surface area contributed by atoms with Gasteiger partial charge in [0.15, 0.2) is 21.7 Å². The molecule has 0 aliphatic carbocycles. The van der Waals surface area contributed by atoms with Crippen LogP contribution in [0.25, 0.3) is 11.3 Å². The summed E-state index contributed by atoms with van der Waals surface area (Å²) in [6.45, 7) is 0. The summed E-state index contributed by atoms with van der Waals surface area (Å²) in [4.78, 5) is 27.3. The summed E-state index contributed by atoms with van der Waals surface area (Å²) in [6.07, 6.45) is 0. The number of benzene rings is 2. The third-order valence-corrected chi connectivity index (χ3v) is 4.91. The zero-order valence-corrected chi connectivity index (χ0v) is 17.5. The lowest BCUT2D eigenvalue weighted by Crippen LogP contribution is -2.34. The second kappa shape index (κ2) is 9.29. The van der Waals surface area contributed by atoms with Gasteiger partial charge in [0.25, 0.3) is 11.6 Å². The number of anilines is 1. The van der Waals surface area contributed by atoms with Crippen LogP contribution >= 0.6 is 23.6 Å². The smallest absolute Gasteiger partial charge is 0.270 e. The Kier molecular flexibility index (Phi) is 6.54. The summed E-state index contributed by atoms with van der Waals surface area (Å²) in [5.41, 5.74) is 1.48. The summed E-state index contributed by atoms with van der Waals surface area (Å²) in [6, 6.07) is 10.9. The first-order valence-electron chi connectivity index (χ1n) is 8.46. The van der Waals surface area contributed by atoms with Gasteiger partial charge in [0.2, 0.25) is 0 Å². The van der Waals surface area contributed by atoms with Crippen LogP contribution in [0.5, 0.6) is 11.5 Å². The first kappa shape index (κ1) is 21.1. The minimum Gasteiger partial charge on any atom is -0.493 e. The maximum absolute atomic E-state index is 12.4. The highest BCUT2D eigenvalue weighted by molar-refractivity contribution is 7.80. The van der Waals surface area contributed by atoms with Crippen LogP contribution in [-0.4, -0.2) is 35.1 Å². The number of hydrogen-bond donors (Lipinski definition) is 2. The van der Waals surface area contributed by atoms with Crippen molar-refractivity contribution in [2.45, 2.75) is 0 Å². The highest BCUT2D eigenvalue weighted by Crippen LogP contribution is 2.28. The Balaban J connectivity index is 1.66. The number of nitro groups is 1. The largest absolute Gasteiger partial charge is 0.493 e. The van der Waals surface area contributed by atoms with Gasteiger partial charge in [-0.05, 0) is 30.4 Å². The molecule has 0 bridgehead atoms. The van der Waals surface area contributed by atoms with Gasteiger partial charge in [-0.25, -0.2) is 4.98 Å². The SMILES string of the molecule is COc1ccc(C(=O)NC(=S)Nc2nc(-c3cccc([N+](=O)[O-])c3)cs2)cc1OC. The molecule has 0 radical (unpaired) electrons. The molecule has 1 aromatic heterocycles. The molecule has 2 aromatic carbocycles. The summed E-state index contributed by atoms with van der Waals surface area (Å²) in [5.74, 6) is 0.501. The van der Waals surface area contributed by atoms with Crippen LogP contribution in [0, 0.1) is 10.1 Å². The van der Waals surface area contributed by atoms with Crippen LogP contribution in [0.2, 0.25) is 0 Å². The standard InChI is InChI=1S/C19H16N4O5S2/c1-27-15-7-6-12(9-16(15)28-2)17(24)21-18(29)22-19-20-14(10-30-19)11-4-3-5-13(8-11)23(25)26/h3-10H,1-2H3,(H2,20,21,22,24,29). The molecule has 3 aromatic rings. The molecule has 3 rings (SSSR count). The molecule has 0 aliphatic heterocycles. The van der Waals surface area contributed by atoms with Gasteiger partial charge in [0, 0.05) is 28.6 Å². The fourth-order valence-corrected chi connectivity index (χ4v) is 3.50. The number of rotatable bonds is 6. The van der Waals surface area contributed by atoms with Crippen molar-refractivity contribution in [1.82, 2.24) is 10.3 Å². The Bertz CT molecular complexity index is 1120. The highest BCUT2D eigenvalue weighted by atomic mass is 32.1. The topological polar surface area (TPSA) is 116 Å².